The summed E-state index contributed by atoms with van der Waals surface area (Å²) in [5, 5.41) is 0.752. The number of rotatable bonds is 1. The zero-order valence-electron chi connectivity index (χ0n) is 11.5. The summed E-state index contributed by atoms with van der Waals surface area (Å²) in [6.07, 6.45) is 15.4. The second-order valence-corrected chi connectivity index (χ2v) is 6.31. The van der Waals surface area contributed by atoms with E-state index in [0.29, 0.717) is 0 Å². The molecule has 1 aliphatic carbocycles. The monoisotopic (exact) mass is 256 g/mol. The lowest BCUT2D eigenvalue weighted by Gasteiger charge is -2.25. The first-order valence-electron chi connectivity index (χ1n) is 7.06. The van der Waals surface area contributed by atoms with Crippen molar-refractivity contribution in [1.82, 2.24) is 0 Å². The largest absolute Gasteiger partial charge is 0.379 e. The van der Waals surface area contributed by atoms with E-state index < -0.39 is 0 Å². The van der Waals surface area contributed by atoms with Gasteiger partial charge in [0.25, 0.3) is 0 Å². The van der Waals surface area contributed by atoms with Gasteiger partial charge in [0, 0.05) is 0 Å². The fourth-order valence-electron chi connectivity index (χ4n) is 2.62. The molecule has 0 spiro atoms. The highest BCUT2D eigenvalue weighted by molar-refractivity contribution is 8.13. The molecule has 0 aromatic rings. The molecule has 0 aliphatic heterocycles. The van der Waals surface area contributed by atoms with Crippen molar-refractivity contribution in [2.75, 3.05) is 6.26 Å². The van der Waals surface area contributed by atoms with E-state index in [9.17, 15) is 0 Å². The molecule has 0 aromatic carbocycles. The molecule has 0 radical (unpaired) electrons. The lowest BCUT2D eigenvalue weighted by molar-refractivity contribution is 0.375. The number of amidine groups is 1. The number of hydrogen-bond acceptors (Lipinski definition) is 2. The maximum absolute atomic E-state index is 5.89. The molecule has 100 valence electrons. The maximum Gasteiger partial charge on any atom is 0.154 e. The van der Waals surface area contributed by atoms with E-state index in [1.807, 2.05) is 6.26 Å². The van der Waals surface area contributed by atoms with E-state index in [4.69, 9.17) is 10.7 Å². The van der Waals surface area contributed by atoms with Gasteiger partial charge in [-0.15, -0.1) is 0 Å². The summed E-state index contributed by atoms with van der Waals surface area (Å²) in [6, 6.07) is 0. The third-order valence-electron chi connectivity index (χ3n) is 3.77. The molecule has 1 fully saturated rings. The SMILES string of the molecule is CSC(N)=NC1(C)CCCCCCCCCC1. The minimum absolute atomic E-state index is 0.0947. The fraction of sp³-hybridized carbons (Fsp3) is 0.929. The smallest absolute Gasteiger partial charge is 0.154 e. The van der Waals surface area contributed by atoms with Crippen molar-refractivity contribution >= 4 is 16.9 Å². The second kappa shape index (κ2) is 8.02. The van der Waals surface area contributed by atoms with Gasteiger partial charge in [0.2, 0.25) is 0 Å². The van der Waals surface area contributed by atoms with Crippen LogP contribution in [0.25, 0.3) is 0 Å². The first-order valence-corrected chi connectivity index (χ1v) is 8.28. The Labute approximate surface area is 111 Å². The first-order chi connectivity index (χ1) is 8.16. The lowest BCUT2D eigenvalue weighted by Crippen LogP contribution is -2.25. The van der Waals surface area contributed by atoms with Crippen molar-refractivity contribution in [3.8, 4) is 0 Å². The van der Waals surface area contributed by atoms with Crippen molar-refractivity contribution < 1.29 is 0 Å². The van der Waals surface area contributed by atoms with Crippen LogP contribution in [0.4, 0.5) is 0 Å². The molecule has 1 rings (SSSR count). The molecular weight excluding hydrogens is 228 g/mol. The Kier molecular flexibility index (Phi) is 7.02. The summed E-state index contributed by atoms with van der Waals surface area (Å²) >= 11 is 1.57. The minimum atomic E-state index is 0.0947. The van der Waals surface area contributed by atoms with Crippen LogP contribution in [0.1, 0.15) is 71.1 Å². The van der Waals surface area contributed by atoms with Crippen LogP contribution in [0.15, 0.2) is 4.99 Å². The molecule has 0 saturated heterocycles. The number of nitrogens with zero attached hydrogens (tertiary/aromatic N) is 1. The van der Waals surface area contributed by atoms with Gasteiger partial charge >= 0.3 is 0 Å². The second-order valence-electron chi connectivity index (χ2n) is 5.48. The highest BCUT2D eigenvalue weighted by Gasteiger charge is 2.23. The lowest BCUT2D eigenvalue weighted by atomic mass is 9.89. The van der Waals surface area contributed by atoms with Gasteiger partial charge in [-0.05, 0) is 26.0 Å². The van der Waals surface area contributed by atoms with Crippen LogP contribution in [-0.2, 0) is 0 Å². The highest BCUT2D eigenvalue weighted by Crippen LogP contribution is 2.28. The van der Waals surface area contributed by atoms with Crippen LogP contribution in [0.3, 0.4) is 0 Å². The summed E-state index contributed by atoms with van der Waals surface area (Å²) in [6.45, 7) is 2.29. The molecule has 0 atom stereocenters. The number of aliphatic imine (C=N–C) groups is 1. The topological polar surface area (TPSA) is 38.4 Å². The molecule has 2 N–H and O–H groups in total. The van der Waals surface area contributed by atoms with Crippen LogP contribution < -0.4 is 5.73 Å². The Balaban J connectivity index is 2.57. The molecular formula is C14H28N2S. The molecule has 0 amide bonds. The molecule has 1 saturated carbocycles. The van der Waals surface area contributed by atoms with Crippen molar-refractivity contribution in [3.63, 3.8) is 0 Å². The Morgan fingerprint density at radius 2 is 1.35 bits per heavy atom. The Bertz CT molecular complexity index is 226. The van der Waals surface area contributed by atoms with Gasteiger partial charge in [-0.3, -0.25) is 4.99 Å². The van der Waals surface area contributed by atoms with E-state index in [1.165, 1.54) is 64.2 Å². The fourth-order valence-corrected chi connectivity index (χ4v) is 2.93. The standard InChI is InChI=1S/C14H28N2S/c1-14(16-13(15)17-2)11-9-7-5-3-4-6-8-10-12-14/h3-12H2,1-2H3,(H2,15,16). The Morgan fingerprint density at radius 3 is 1.76 bits per heavy atom. The van der Waals surface area contributed by atoms with E-state index in [-0.39, 0.29) is 5.54 Å². The molecule has 0 unspecified atom stereocenters. The summed E-state index contributed by atoms with van der Waals surface area (Å²) < 4.78 is 0. The molecule has 3 heteroatoms. The minimum Gasteiger partial charge on any atom is -0.379 e. The van der Waals surface area contributed by atoms with Crippen LogP contribution in [0.2, 0.25) is 0 Å². The third-order valence-corrected chi connectivity index (χ3v) is 4.28. The van der Waals surface area contributed by atoms with Gasteiger partial charge in [0.05, 0.1) is 5.54 Å². The molecule has 2 nitrogen and oxygen atoms in total. The zero-order valence-corrected chi connectivity index (χ0v) is 12.3. The quantitative estimate of drug-likeness (QED) is 0.560. The van der Waals surface area contributed by atoms with Crippen molar-refractivity contribution in [1.29, 1.82) is 0 Å². The molecule has 0 heterocycles. The molecule has 0 aromatic heterocycles. The Hall–Kier alpha value is -0.180. The summed E-state index contributed by atoms with van der Waals surface area (Å²) in [5.74, 6) is 0. The highest BCUT2D eigenvalue weighted by atomic mass is 32.2. The van der Waals surface area contributed by atoms with E-state index in [2.05, 4.69) is 6.92 Å². The van der Waals surface area contributed by atoms with Crippen LogP contribution in [0.5, 0.6) is 0 Å². The average molecular weight is 256 g/mol. The van der Waals surface area contributed by atoms with Crippen LogP contribution >= 0.6 is 11.8 Å². The maximum atomic E-state index is 5.89. The van der Waals surface area contributed by atoms with Crippen molar-refractivity contribution in [2.24, 2.45) is 10.7 Å². The van der Waals surface area contributed by atoms with Gasteiger partial charge in [-0.1, -0.05) is 63.1 Å². The van der Waals surface area contributed by atoms with Gasteiger partial charge in [-0.2, -0.15) is 0 Å². The van der Waals surface area contributed by atoms with Crippen LogP contribution in [0, 0.1) is 0 Å². The van der Waals surface area contributed by atoms with E-state index >= 15 is 0 Å². The summed E-state index contributed by atoms with van der Waals surface area (Å²) in [4.78, 5) is 4.75. The van der Waals surface area contributed by atoms with E-state index in [0.717, 1.165) is 5.17 Å². The summed E-state index contributed by atoms with van der Waals surface area (Å²) in [7, 11) is 0. The predicted octanol–water partition coefficient (Wildman–Crippen LogP) is 4.34. The Morgan fingerprint density at radius 1 is 0.941 bits per heavy atom. The van der Waals surface area contributed by atoms with Gasteiger partial charge < -0.3 is 5.73 Å². The number of hydrogen-bond donors (Lipinski definition) is 1. The third kappa shape index (κ3) is 6.35. The van der Waals surface area contributed by atoms with Crippen molar-refractivity contribution in [3.05, 3.63) is 0 Å². The molecule has 1 aliphatic rings. The average Bonchev–Trinajstić information content (AvgIpc) is 2.35. The number of nitrogens with two attached hydrogens (primary N) is 1. The zero-order chi connectivity index (χ0) is 12.6. The van der Waals surface area contributed by atoms with Crippen molar-refractivity contribution in [2.45, 2.75) is 76.7 Å². The summed E-state index contributed by atoms with van der Waals surface area (Å²) in [5.41, 5.74) is 5.99. The van der Waals surface area contributed by atoms with E-state index in [1.54, 1.807) is 11.8 Å². The van der Waals surface area contributed by atoms with Gasteiger partial charge in [-0.25, -0.2) is 0 Å². The van der Waals surface area contributed by atoms with Gasteiger partial charge in [0.1, 0.15) is 0 Å². The normalized spacial score (nSPS) is 24.0. The van der Waals surface area contributed by atoms with Gasteiger partial charge in [0.15, 0.2) is 5.17 Å². The molecule has 0 bridgehead atoms. The first kappa shape index (κ1) is 14.9. The molecule has 17 heavy (non-hydrogen) atoms. The number of thioether (sulfide) groups is 1. The van der Waals surface area contributed by atoms with Crippen LogP contribution in [-0.4, -0.2) is 17.0 Å². The predicted molar refractivity (Wildman–Crippen MR) is 79.7 cm³/mol.